The minimum Gasteiger partial charge on any atom is -0.457 e. The maximum absolute atomic E-state index is 10.7. The molecule has 1 heterocycles. The van der Waals surface area contributed by atoms with Gasteiger partial charge in [-0.15, -0.1) is 0 Å². The number of carbonyl (C=O) groups excluding carboxylic acids is 1. The van der Waals surface area contributed by atoms with Crippen molar-refractivity contribution in [2.24, 2.45) is 0 Å². The van der Waals surface area contributed by atoms with Crippen molar-refractivity contribution in [3.05, 3.63) is 10.1 Å². The van der Waals surface area contributed by atoms with E-state index in [2.05, 4.69) is 47.8 Å². The predicted molar refractivity (Wildman–Crippen MR) is 48.6 cm³/mol. The number of alkyl halides is 2. The van der Waals surface area contributed by atoms with Gasteiger partial charge in [-0.2, -0.15) is 0 Å². The van der Waals surface area contributed by atoms with Gasteiger partial charge in [0, 0.05) is 5.57 Å². The van der Waals surface area contributed by atoms with Crippen molar-refractivity contribution in [3.8, 4) is 0 Å². The Morgan fingerprint density at radius 1 is 1.50 bits per heavy atom. The van der Waals surface area contributed by atoms with Gasteiger partial charge in [0.15, 0.2) is 0 Å². The van der Waals surface area contributed by atoms with Crippen LogP contribution < -0.4 is 0 Å². The molecule has 0 bridgehead atoms. The Kier molecular flexibility index (Phi) is 2.94. The van der Waals surface area contributed by atoms with E-state index in [0.717, 1.165) is 5.57 Å². The first kappa shape index (κ1) is 8.74. The van der Waals surface area contributed by atoms with Crippen LogP contribution in [0.5, 0.6) is 0 Å². The molecule has 56 valence electrons. The summed E-state index contributed by atoms with van der Waals surface area (Å²) < 4.78 is 5.25. The molecule has 0 amide bonds. The highest BCUT2D eigenvalue weighted by Gasteiger charge is 2.25. The molecule has 0 aromatic heterocycles. The molecular weight excluding hydrogens is 332 g/mol. The van der Waals surface area contributed by atoms with Gasteiger partial charge < -0.3 is 4.74 Å². The smallest absolute Gasteiger partial charge is 0.345 e. The molecule has 1 rings (SSSR count). The monoisotopic (exact) mass is 332 g/mol. The minimum absolute atomic E-state index is 0.0147. The van der Waals surface area contributed by atoms with Crippen LogP contribution in [-0.2, 0) is 9.53 Å². The van der Waals surface area contributed by atoms with E-state index in [0.29, 0.717) is 11.1 Å². The summed E-state index contributed by atoms with van der Waals surface area (Å²) in [5.74, 6) is -0.293. The van der Waals surface area contributed by atoms with Crippen molar-refractivity contribution < 1.29 is 9.53 Å². The van der Waals surface area contributed by atoms with Crippen molar-refractivity contribution in [2.45, 2.75) is 3.74 Å². The molecule has 0 atom stereocenters. The summed E-state index contributed by atoms with van der Waals surface area (Å²) in [6.45, 7) is 0.362. The second-order valence-electron chi connectivity index (χ2n) is 1.72. The lowest BCUT2D eigenvalue weighted by atomic mass is 10.3. The maximum Gasteiger partial charge on any atom is 0.345 e. The Morgan fingerprint density at radius 3 is 2.30 bits per heavy atom. The average Bonchev–Trinajstić information content (AvgIpc) is 2.14. The molecule has 0 saturated carbocycles. The van der Waals surface area contributed by atoms with Gasteiger partial charge in [0.1, 0.15) is 11.1 Å². The SMILES string of the molecule is O=C1OCC(C(Br)Br)=C1Br. The van der Waals surface area contributed by atoms with Crippen molar-refractivity contribution in [2.75, 3.05) is 6.61 Å². The molecule has 0 spiro atoms. The zero-order valence-corrected chi connectivity index (χ0v) is 9.49. The molecule has 1 aliphatic heterocycles. The zero-order valence-electron chi connectivity index (χ0n) is 4.73. The molecule has 0 saturated heterocycles. The third kappa shape index (κ3) is 1.62. The van der Waals surface area contributed by atoms with Crippen LogP contribution in [-0.4, -0.2) is 16.3 Å². The van der Waals surface area contributed by atoms with E-state index >= 15 is 0 Å². The third-order valence-corrected chi connectivity index (χ3v) is 3.02. The zero-order chi connectivity index (χ0) is 7.72. The number of hydrogen-bond acceptors (Lipinski definition) is 2. The Morgan fingerprint density at radius 2 is 2.10 bits per heavy atom. The molecule has 2 nitrogen and oxygen atoms in total. The molecule has 10 heavy (non-hydrogen) atoms. The summed E-state index contributed by atoms with van der Waals surface area (Å²) in [6.07, 6.45) is 0. The van der Waals surface area contributed by atoms with Gasteiger partial charge in [-0.25, -0.2) is 4.79 Å². The first-order valence-corrected chi connectivity index (χ1v) is 5.09. The fourth-order valence-electron chi connectivity index (χ4n) is 0.560. The Balaban J connectivity index is 2.85. The van der Waals surface area contributed by atoms with Crippen LogP contribution in [0.25, 0.3) is 0 Å². The number of carbonyl (C=O) groups is 1. The number of ether oxygens (including phenoxy) is 1. The lowest BCUT2D eigenvalue weighted by Gasteiger charge is -1.98. The molecule has 0 radical (unpaired) electrons. The molecule has 0 aliphatic carbocycles. The summed E-state index contributed by atoms with van der Waals surface area (Å²) in [6, 6.07) is 0. The number of cyclic esters (lactones) is 1. The third-order valence-electron chi connectivity index (χ3n) is 1.08. The standard InChI is InChI=1S/C5H3Br3O2/c6-3-2(4(7)8)1-10-5(3)9/h4H,1H2. The fraction of sp³-hybridized carbons (Fsp3) is 0.400. The van der Waals surface area contributed by atoms with Gasteiger partial charge in [0.25, 0.3) is 0 Å². The lowest BCUT2D eigenvalue weighted by molar-refractivity contribution is -0.135. The van der Waals surface area contributed by atoms with E-state index in [1.807, 2.05) is 0 Å². The number of hydrogen-bond donors (Lipinski definition) is 0. The second-order valence-corrected chi connectivity index (χ2v) is 5.57. The van der Waals surface area contributed by atoms with Crippen LogP contribution in [0.4, 0.5) is 0 Å². The lowest BCUT2D eigenvalue weighted by Crippen LogP contribution is -1.95. The molecule has 0 N–H and O–H groups in total. The van der Waals surface area contributed by atoms with Crippen molar-refractivity contribution in [1.82, 2.24) is 0 Å². The van der Waals surface area contributed by atoms with Gasteiger partial charge in [-0.05, 0) is 15.9 Å². The Hall–Kier alpha value is 0.650. The molecule has 0 aromatic carbocycles. The van der Waals surface area contributed by atoms with E-state index < -0.39 is 0 Å². The van der Waals surface area contributed by atoms with Crippen LogP contribution in [0.1, 0.15) is 0 Å². The fourth-order valence-corrected chi connectivity index (χ4v) is 2.35. The highest BCUT2D eigenvalue weighted by molar-refractivity contribution is 9.24. The highest BCUT2D eigenvalue weighted by Crippen LogP contribution is 2.30. The van der Waals surface area contributed by atoms with Crippen LogP contribution in [0.3, 0.4) is 0 Å². The van der Waals surface area contributed by atoms with Crippen LogP contribution in [0, 0.1) is 0 Å². The molecule has 1 aliphatic rings. The second kappa shape index (κ2) is 3.36. The van der Waals surface area contributed by atoms with E-state index in [9.17, 15) is 4.79 Å². The van der Waals surface area contributed by atoms with Crippen molar-refractivity contribution >= 4 is 53.8 Å². The summed E-state index contributed by atoms with van der Waals surface area (Å²) in [5.41, 5.74) is 0.894. The maximum atomic E-state index is 10.7. The number of halogens is 3. The first-order valence-electron chi connectivity index (χ1n) is 2.46. The van der Waals surface area contributed by atoms with Crippen LogP contribution in [0.2, 0.25) is 0 Å². The van der Waals surface area contributed by atoms with Gasteiger partial charge in [0.2, 0.25) is 0 Å². The quantitative estimate of drug-likeness (QED) is 0.543. The largest absolute Gasteiger partial charge is 0.457 e. The number of esters is 1. The Bertz CT molecular complexity index is 197. The summed E-state index contributed by atoms with van der Waals surface area (Å²) in [7, 11) is 0. The highest BCUT2D eigenvalue weighted by atomic mass is 79.9. The topological polar surface area (TPSA) is 26.3 Å². The molecular formula is C5H3Br3O2. The van der Waals surface area contributed by atoms with Crippen LogP contribution in [0.15, 0.2) is 10.1 Å². The van der Waals surface area contributed by atoms with Crippen molar-refractivity contribution in [1.29, 1.82) is 0 Å². The van der Waals surface area contributed by atoms with Gasteiger partial charge in [-0.1, -0.05) is 31.9 Å². The van der Waals surface area contributed by atoms with E-state index in [-0.39, 0.29) is 9.71 Å². The predicted octanol–water partition coefficient (Wildman–Crippen LogP) is 2.31. The van der Waals surface area contributed by atoms with Gasteiger partial charge in [0.05, 0.1) is 3.74 Å². The van der Waals surface area contributed by atoms with E-state index in [1.165, 1.54) is 0 Å². The summed E-state index contributed by atoms with van der Waals surface area (Å²) >= 11 is 9.65. The average molecular weight is 335 g/mol. The first-order chi connectivity index (χ1) is 4.63. The molecule has 0 fully saturated rings. The van der Waals surface area contributed by atoms with Gasteiger partial charge in [-0.3, -0.25) is 0 Å². The van der Waals surface area contributed by atoms with Gasteiger partial charge >= 0.3 is 5.97 Å². The minimum atomic E-state index is -0.293. The summed E-state index contributed by atoms with van der Waals surface area (Å²) in [4.78, 5) is 10.7. The summed E-state index contributed by atoms with van der Waals surface area (Å²) in [5, 5.41) is 0. The Labute approximate surface area is 83.4 Å². The molecule has 0 aromatic rings. The number of rotatable bonds is 1. The molecule has 5 heteroatoms. The van der Waals surface area contributed by atoms with E-state index in [1.54, 1.807) is 0 Å². The molecule has 0 unspecified atom stereocenters. The normalized spacial score (nSPS) is 18.6. The van der Waals surface area contributed by atoms with E-state index in [4.69, 9.17) is 4.74 Å². The van der Waals surface area contributed by atoms with Crippen LogP contribution >= 0.6 is 47.8 Å². The van der Waals surface area contributed by atoms with Crippen molar-refractivity contribution in [3.63, 3.8) is 0 Å².